The molecule has 16 heavy (non-hydrogen) atoms. The first-order chi connectivity index (χ1) is 7.70. The van der Waals surface area contributed by atoms with Crippen LogP contribution in [0.2, 0.25) is 0 Å². The first-order valence-electron chi connectivity index (χ1n) is 4.71. The fourth-order valence-electron chi connectivity index (χ4n) is 1.54. The van der Waals surface area contributed by atoms with Crippen molar-refractivity contribution < 1.29 is 9.18 Å². The van der Waals surface area contributed by atoms with Crippen LogP contribution in [0, 0.1) is 5.82 Å². The zero-order chi connectivity index (χ0) is 11.5. The second-order valence-corrected chi connectivity index (χ2v) is 4.28. The molecule has 0 amide bonds. The van der Waals surface area contributed by atoms with E-state index in [2.05, 4.69) is 15.9 Å². The molecule has 0 unspecified atom stereocenters. The van der Waals surface area contributed by atoms with E-state index in [4.69, 9.17) is 0 Å². The SMILES string of the molecule is O=Cc1ccc(F)cc1-c1cccc(Br)c1. The molecule has 80 valence electrons. The molecule has 0 saturated carbocycles. The van der Waals surface area contributed by atoms with E-state index in [9.17, 15) is 9.18 Å². The Morgan fingerprint density at radius 3 is 2.62 bits per heavy atom. The van der Waals surface area contributed by atoms with Crippen LogP contribution in [0.25, 0.3) is 11.1 Å². The van der Waals surface area contributed by atoms with Crippen molar-refractivity contribution in [2.45, 2.75) is 0 Å². The maximum atomic E-state index is 13.1. The monoisotopic (exact) mass is 278 g/mol. The normalized spacial score (nSPS) is 10.1. The van der Waals surface area contributed by atoms with Crippen molar-refractivity contribution in [2.24, 2.45) is 0 Å². The summed E-state index contributed by atoms with van der Waals surface area (Å²) in [6.07, 6.45) is 0.732. The summed E-state index contributed by atoms with van der Waals surface area (Å²) < 4.78 is 14.0. The summed E-state index contributed by atoms with van der Waals surface area (Å²) in [6, 6.07) is 11.5. The molecule has 0 atom stereocenters. The summed E-state index contributed by atoms with van der Waals surface area (Å²) in [5, 5.41) is 0. The molecule has 0 aliphatic rings. The van der Waals surface area contributed by atoms with Gasteiger partial charge in [0, 0.05) is 10.0 Å². The van der Waals surface area contributed by atoms with E-state index in [-0.39, 0.29) is 5.82 Å². The van der Waals surface area contributed by atoms with E-state index in [1.165, 1.54) is 18.2 Å². The Hall–Kier alpha value is -1.48. The van der Waals surface area contributed by atoms with Crippen molar-refractivity contribution in [1.82, 2.24) is 0 Å². The van der Waals surface area contributed by atoms with E-state index in [0.717, 1.165) is 16.3 Å². The quantitative estimate of drug-likeness (QED) is 0.757. The van der Waals surface area contributed by atoms with Crippen LogP contribution in [0.15, 0.2) is 46.9 Å². The first kappa shape index (κ1) is 11.0. The molecule has 0 saturated heterocycles. The summed E-state index contributed by atoms with van der Waals surface area (Å²) in [5.41, 5.74) is 1.91. The van der Waals surface area contributed by atoms with Crippen molar-refractivity contribution in [3.05, 3.63) is 58.3 Å². The molecule has 0 spiro atoms. The Kier molecular flexibility index (Phi) is 3.15. The van der Waals surface area contributed by atoms with Crippen molar-refractivity contribution >= 4 is 22.2 Å². The van der Waals surface area contributed by atoms with Gasteiger partial charge < -0.3 is 0 Å². The Balaban J connectivity index is 2.62. The van der Waals surface area contributed by atoms with Crippen LogP contribution >= 0.6 is 15.9 Å². The predicted octanol–water partition coefficient (Wildman–Crippen LogP) is 4.07. The molecule has 3 heteroatoms. The molecule has 0 heterocycles. The van der Waals surface area contributed by atoms with Gasteiger partial charge >= 0.3 is 0 Å². The molecule has 0 aliphatic heterocycles. The topological polar surface area (TPSA) is 17.1 Å². The minimum Gasteiger partial charge on any atom is -0.298 e. The Bertz CT molecular complexity index is 537. The van der Waals surface area contributed by atoms with Crippen molar-refractivity contribution in [3.63, 3.8) is 0 Å². The standard InChI is InChI=1S/C13H8BrFO/c14-11-3-1-2-9(6-11)13-7-12(15)5-4-10(13)8-16/h1-8H. The third-order valence-electron chi connectivity index (χ3n) is 2.28. The van der Waals surface area contributed by atoms with Gasteiger partial charge in [-0.25, -0.2) is 4.39 Å². The van der Waals surface area contributed by atoms with Gasteiger partial charge in [0.2, 0.25) is 0 Å². The maximum absolute atomic E-state index is 13.1. The van der Waals surface area contributed by atoms with Gasteiger partial charge in [-0.15, -0.1) is 0 Å². The number of rotatable bonds is 2. The Morgan fingerprint density at radius 2 is 1.94 bits per heavy atom. The average Bonchev–Trinajstić information content (AvgIpc) is 2.29. The minimum atomic E-state index is -0.347. The number of hydrogen-bond acceptors (Lipinski definition) is 1. The minimum absolute atomic E-state index is 0.347. The lowest BCUT2D eigenvalue weighted by atomic mass is 10.0. The fourth-order valence-corrected chi connectivity index (χ4v) is 1.94. The molecule has 0 bridgehead atoms. The van der Waals surface area contributed by atoms with Crippen LogP contribution in [0.1, 0.15) is 10.4 Å². The molecule has 2 aromatic carbocycles. The lowest BCUT2D eigenvalue weighted by Gasteiger charge is -2.05. The molecule has 2 rings (SSSR count). The summed E-state index contributed by atoms with van der Waals surface area (Å²) in [6.45, 7) is 0. The fraction of sp³-hybridized carbons (Fsp3) is 0. The van der Waals surface area contributed by atoms with Gasteiger partial charge in [-0.05, 0) is 41.5 Å². The molecule has 0 fully saturated rings. The summed E-state index contributed by atoms with van der Waals surface area (Å²) in [7, 11) is 0. The number of carbonyl (C=O) groups is 1. The number of aldehydes is 1. The molecule has 0 aliphatic carbocycles. The van der Waals surface area contributed by atoms with Gasteiger partial charge in [0.05, 0.1) is 0 Å². The molecule has 1 nitrogen and oxygen atoms in total. The van der Waals surface area contributed by atoms with E-state index in [1.807, 2.05) is 24.3 Å². The average molecular weight is 279 g/mol. The highest BCUT2D eigenvalue weighted by molar-refractivity contribution is 9.10. The highest BCUT2D eigenvalue weighted by Gasteiger charge is 2.06. The van der Waals surface area contributed by atoms with Gasteiger partial charge in [-0.1, -0.05) is 28.1 Å². The van der Waals surface area contributed by atoms with Gasteiger partial charge in [0.15, 0.2) is 6.29 Å². The Morgan fingerprint density at radius 1 is 1.12 bits per heavy atom. The van der Waals surface area contributed by atoms with E-state index in [0.29, 0.717) is 11.1 Å². The van der Waals surface area contributed by atoms with Crippen LogP contribution in [-0.4, -0.2) is 6.29 Å². The molecule has 2 aromatic rings. The van der Waals surface area contributed by atoms with Gasteiger partial charge in [0.25, 0.3) is 0 Å². The molecule has 0 aromatic heterocycles. The van der Waals surface area contributed by atoms with Crippen molar-refractivity contribution in [3.8, 4) is 11.1 Å². The summed E-state index contributed by atoms with van der Waals surface area (Å²) in [4.78, 5) is 10.9. The van der Waals surface area contributed by atoms with Crippen LogP contribution in [-0.2, 0) is 0 Å². The predicted molar refractivity (Wildman–Crippen MR) is 64.9 cm³/mol. The largest absolute Gasteiger partial charge is 0.298 e. The summed E-state index contributed by atoms with van der Waals surface area (Å²) in [5.74, 6) is -0.347. The molecule has 0 N–H and O–H groups in total. The smallest absolute Gasteiger partial charge is 0.150 e. The van der Waals surface area contributed by atoms with Crippen LogP contribution in [0.5, 0.6) is 0 Å². The first-order valence-corrected chi connectivity index (χ1v) is 5.50. The summed E-state index contributed by atoms with van der Waals surface area (Å²) >= 11 is 3.34. The van der Waals surface area contributed by atoms with Crippen LogP contribution < -0.4 is 0 Å². The van der Waals surface area contributed by atoms with Crippen molar-refractivity contribution in [2.75, 3.05) is 0 Å². The molecular formula is C13H8BrFO. The zero-order valence-corrected chi connectivity index (χ0v) is 9.87. The third kappa shape index (κ3) is 2.19. The maximum Gasteiger partial charge on any atom is 0.150 e. The molecular weight excluding hydrogens is 271 g/mol. The number of halogens is 2. The van der Waals surface area contributed by atoms with E-state index in [1.54, 1.807) is 0 Å². The van der Waals surface area contributed by atoms with Gasteiger partial charge in [-0.3, -0.25) is 4.79 Å². The van der Waals surface area contributed by atoms with Gasteiger partial charge in [0.1, 0.15) is 5.82 Å². The number of hydrogen-bond donors (Lipinski definition) is 0. The van der Waals surface area contributed by atoms with Gasteiger partial charge in [-0.2, -0.15) is 0 Å². The van der Waals surface area contributed by atoms with E-state index < -0.39 is 0 Å². The lowest BCUT2D eigenvalue weighted by molar-refractivity contribution is 0.112. The van der Waals surface area contributed by atoms with Crippen LogP contribution in [0.4, 0.5) is 4.39 Å². The highest BCUT2D eigenvalue weighted by Crippen LogP contribution is 2.26. The zero-order valence-electron chi connectivity index (χ0n) is 8.28. The second kappa shape index (κ2) is 4.58. The van der Waals surface area contributed by atoms with E-state index >= 15 is 0 Å². The van der Waals surface area contributed by atoms with Crippen molar-refractivity contribution in [1.29, 1.82) is 0 Å². The van der Waals surface area contributed by atoms with Crippen LogP contribution in [0.3, 0.4) is 0 Å². The third-order valence-corrected chi connectivity index (χ3v) is 2.77. The number of carbonyl (C=O) groups excluding carboxylic acids is 1. The molecule has 0 radical (unpaired) electrons. The highest BCUT2D eigenvalue weighted by atomic mass is 79.9. The number of benzene rings is 2. The lowest BCUT2D eigenvalue weighted by Crippen LogP contribution is -1.89. The second-order valence-electron chi connectivity index (χ2n) is 3.36. The Labute approximate surface area is 101 Å².